The SMILES string of the molecule is CS(=O)(=O)N(CC(=O)Nc1cc(Cl)cc(Cl)c1)c1ccc(Oc2ccccc2)cc1. The lowest BCUT2D eigenvalue weighted by Crippen LogP contribution is -2.37. The molecule has 0 spiro atoms. The van der Waals surface area contributed by atoms with E-state index >= 15 is 0 Å². The van der Waals surface area contributed by atoms with E-state index in [-0.39, 0.29) is 0 Å². The molecule has 0 saturated carbocycles. The van der Waals surface area contributed by atoms with Crippen molar-refractivity contribution >= 4 is 50.5 Å². The Hall–Kier alpha value is -2.74. The Balaban J connectivity index is 1.75. The van der Waals surface area contributed by atoms with Crippen LogP contribution in [-0.2, 0) is 14.8 Å². The molecule has 0 saturated heterocycles. The molecule has 9 heteroatoms. The van der Waals surface area contributed by atoms with Gasteiger partial charge in [0.25, 0.3) is 0 Å². The minimum Gasteiger partial charge on any atom is -0.457 e. The van der Waals surface area contributed by atoms with Gasteiger partial charge in [0.15, 0.2) is 0 Å². The highest BCUT2D eigenvalue weighted by molar-refractivity contribution is 7.92. The Morgan fingerprint density at radius 2 is 1.50 bits per heavy atom. The highest BCUT2D eigenvalue weighted by Crippen LogP contribution is 2.26. The van der Waals surface area contributed by atoms with Crippen molar-refractivity contribution in [3.63, 3.8) is 0 Å². The van der Waals surface area contributed by atoms with Crippen molar-refractivity contribution in [2.45, 2.75) is 0 Å². The first-order valence-electron chi connectivity index (χ1n) is 8.77. The highest BCUT2D eigenvalue weighted by Gasteiger charge is 2.21. The quantitative estimate of drug-likeness (QED) is 0.521. The summed E-state index contributed by atoms with van der Waals surface area (Å²) in [6, 6.07) is 20.2. The minimum atomic E-state index is -3.71. The van der Waals surface area contributed by atoms with E-state index in [2.05, 4.69) is 5.32 Å². The number of para-hydroxylation sites is 1. The smallest absolute Gasteiger partial charge is 0.245 e. The fraction of sp³-hybridized carbons (Fsp3) is 0.0952. The maximum atomic E-state index is 12.4. The number of carbonyl (C=O) groups excluding carboxylic acids is 1. The van der Waals surface area contributed by atoms with Gasteiger partial charge in [-0.2, -0.15) is 0 Å². The number of ether oxygens (including phenoxy) is 1. The molecule has 30 heavy (non-hydrogen) atoms. The second-order valence-corrected chi connectivity index (χ2v) is 9.16. The van der Waals surface area contributed by atoms with Crippen molar-refractivity contribution < 1.29 is 17.9 Å². The van der Waals surface area contributed by atoms with E-state index in [1.807, 2.05) is 30.3 Å². The van der Waals surface area contributed by atoms with Gasteiger partial charge in [0.2, 0.25) is 15.9 Å². The van der Waals surface area contributed by atoms with Gasteiger partial charge >= 0.3 is 0 Å². The van der Waals surface area contributed by atoms with Crippen molar-refractivity contribution in [3.8, 4) is 11.5 Å². The maximum Gasteiger partial charge on any atom is 0.245 e. The van der Waals surface area contributed by atoms with Crippen LogP contribution in [0.3, 0.4) is 0 Å². The van der Waals surface area contributed by atoms with Crippen LogP contribution in [0.4, 0.5) is 11.4 Å². The monoisotopic (exact) mass is 464 g/mol. The Bertz CT molecular complexity index is 1120. The van der Waals surface area contributed by atoms with Crippen LogP contribution in [0.2, 0.25) is 10.0 Å². The van der Waals surface area contributed by atoms with E-state index in [9.17, 15) is 13.2 Å². The van der Waals surface area contributed by atoms with Gasteiger partial charge in [-0.1, -0.05) is 41.4 Å². The summed E-state index contributed by atoms with van der Waals surface area (Å²) in [6.07, 6.45) is 1.03. The van der Waals surface area contributed by atoms with Crippen LogP contribution >= 0.6 is 23.2 Å². The molecule has 0 heterocycles. The fourth-order valence-corrected chi connectivity index (χ4v) is 4.04. The van der Waals surface area contributed by atoms with Crippen LogP contribution < -0.4 is 14.4 Å². The Labute approximate surface area is 185 Å². The molecule has 0 aromatic heterocycles. The van der Waals surface area contributed by atoms with Gasteiger partial charge in [-0.15, -0.1) is 0 Å². The topological polar surface area (TPSA) is 75.7 Å². The summed E-state index contributed by atoms with van der Waals surface area (Å²) in [5, 5.41) is 3.31. The number of carbonyl (C=O) groups is 1. The Morgan fingerprint density at radius 3 is 2.07 bits per heavy atom. The molecule has 1 N–H and O–H groups in total. The van der Waals surface area contributed by atoms with Crippen LogP contribution in [0.5, 0.6) is 11.5 Å². The lowest BCUT2D eigenvalue weighted by molar-refractivity contribution is -0.114. The molecule has 3 aromatic rings. The number of hydrogen-bond acceptors (Lipinski definition) is 4. The van der Waals surface area contributed by atoms with Crippen LogP contribution in [0.1, 0.15) is 0 Å². The molecule has 3 rings (SSSR count). The summed E-state index contributed by atoms with van der Waals surface area (Å²) in [7, 11) is -3.71. The van der Waals surface area contributed by atoms with Crippen molar-refractivity contribution in [3.05, 3.63) is 82.8 Å². The Morgan fingerprint density at radius 1 is 0.933 bits per heavy atom. The van der Waals surface area contributed by atoms with Gasteiger partial charge < -0.3 is 10.1 Å². The zero-order valence-electron chi connectivity index (χ0n) is 15.9. The second-order valence-electron chi connectivity index (χ2n) is 6.38. The molecule has 0 aliphatic heterocycles. The zero-order chi connectivity index (χ0) is 21.7. The summed E-state index contributed by atoms with van der Waals surface area (Å²) in [6.45, 7) is -0.415. The predicted molar refractivity (Wildman–Crippen MR) is 120 cm³/mol. The molecule has 0 radical (unpaired) electrons. The number of halogens is 2. The molecule has 0 unspecified atom stereocenters. The first-order chi connectivity index (χ1) is 14.2. The fourth-order valence-electron chi connectivity index (χ4n) is 2.66. The van der Waals surface area contributed by atoms with Gasteiger partial charge in [0.1, 0.15) is 18.0 Å². The number of benzene rings is 3. The number of sulfonamides is 1. The van der Waals surface area contributed by atoms with Gasteiger partial charge in [0, 0.05) is 15.7 Å². The largest absolute Gasteiger partial charge is 0.457 e. The zero-order valence-corrected chi connectivity index (χ0v) is 18.2. The third kappa shape index (κ3) is 6.13. The second kappa shape index (κ2) is 9.38. The van der Waals surface area contributed by atoms with Crippen LogP contribution in [-0.4, -0.2) is 27.1 Å². The minimum absolute atomic E-state index is 0.331. The molecule has 0 aliphatic rings. The van der Waals surface area contributed by atoms with Gasteiger partial charge in [0.05, 0.1) is 11.9 Å². The molecule has 1 amide bonds. The average Bonchev–Trinajstić information content (AvgIpc) is 2.66. The van der Waals surface area contributed by atoms with E-state index < -0.39 is 22.5 Å². The molecule has 6 nitrogen and oxygen atoms in total. The van der Waals surface area contributed by atoms with E-state index in [0.29, 0.717) is 32.9 Å². The van der Waals surface area contributed by atoms with Crippen molar-refractivity contribution in [1.29, 1.82) is 0 Å². The lowest BCUT2D eigenvalue weighted by atomic mass is 10.3. The molecule has 156 valence electrons. The summed E-state index contributed by atoms with van der Waals surface area (Å²) in [4.78, 5) is 12.4. The summed E-state index contributed by atoms with van der Waals surface area (Å²) < 4.78 is 31.3. The molecule has 3 aromatic carbocycles. The molecular weight excluding hydrogens is 447 g/mol. The van der Waals surface area contributed by atoms with Gasteiger partial charge in [-0.05, 0) is 54.6 Å². The van der Waals surface area contributed by atoms with Crippen LogP contribution in [0.15, 0.2) is 72.8 Å². The number of hydrogen-bond donors (Lipinski definition) is 1. The van der Waals surface area contributed by atoms with Gasteiger partial charge in [-0.25, -0.2) is 8.42 Å². The summed E-state index contributed by atoms with van der Waals surface area (Å²) in [5.41, 5.74) is 0.703. The summed E-state index contributed by atoms with van der Waals surface area (Å²) in [5.74, 6) is 0.657. The first-order valence-corrected chi connectivity index (χ1v) is 11.4. The first kappa shape index (κ1) is 22.0. The molecule has 0 fully saturated rings. The highest BCUT2D eigenvalue weighted by atomic mass is 35.5. The lowest BCUT2D eigenvalue weighted by Gasteiger charge is -2.22. The van der Waals surface area contributed by atoms with E-state index in [1.165, 1.54) is 18.2 Å². The predicted octanol–water partition coefficient (Wildman–Crippen LogP) is 5.19. The normalized spacial score (nSPS) is 11.0. The number of rotatable bonds is 7. The molecule has 0 aliphatic carbocycles. The van der Waals surface area contributed by atoms with Crippen LogP contribution in [0, 0.1) is 0 Å². The van der Waals surface area contributed by atoms with Crippen molar-refractivity contribution in [2.24, 2.45) is 0 Å². The van der Waals surface area contributed by atoms with E-state index in [1.54, 1.807) is 24.3 Å². The van der Waals surface area contributed by atoms with Crippen LogP contribution in [0.25, 0.3) is 0 Å². The van der Waals surface area contributed by atoms with Crippen molar-refractivity contribution in [2.75, 3.05) is 22.4 Å². The standard InChI is InChI=1S/C21H18Cl2N2O4S/c1-30(27,28)25(14-21(26)24-17-12-15(22)11-16(23)13-17)18-7-9-20(10-8-18)29-19-5-3-2-4-6-19/h2-13H,14H2,1H3,(H,24,26). The van der Waals surface area contributed by atoms with E-state index in [4.69, 9.17) is 27.9 Å². The van der Waals surface area contributed by atoms with Gasteiger partial charge in [-0.3, -0.25) is 9.10 Å². The molecule has 0 bridgehead atoms. The average molecular weight is 465 g/mol. The maximum absolute atomic E-state index is 12.4. The van der Waals surface area contributed by atoms with E-state index in [0.717, 1.165) is 10.6 Å². The summed E-state index contributed by atoms with van der Waals surface area (Å²) >= 11 is 11.9. The van der Waals surface area contributed by atoms with Crippen molar-refractivity contribution in [1.82, 2.24) is 0 Å². The molecule has 0 atom stereocenters. The number of amides is 1. The number of nitrogens with zero attached hydrogens (tertiary/aromatic N) is 1. The third-order valence-corrected chi connectivity index (χ3v) is 5.51. The number of anilines is 2. The third-order valence-electron chi connectivity index (χ3n) is 3.94. The molecular formula is C21H18Cl2N2O4S. The number of nitrogens with one attached hydrogen (secondary N) is 1. The Kier molecular flexibility index (Phi) is 6.87.